The van der Waals surface area contributed by atoms with Crippen molar-refractivity contribution in [3.8, 4) is 23.0 Å². The molecule has 258 valence electrons. The van der Waals surface area contributed by atoms with Crippen molar-refractivity contribution in [1.82, 2.24) is 25.2 Å². The maximum absolute atomic E-state index is 17.0. The molecule has 2 aromatic carbocycles. The summed E-state index contributed by atoms with van der Waals surface area (Å²) in [6, 6.07) is 5.46. The number of halogens is 3. The summed E-state index contributed by atoms with van der Waals surface area (Å²) in [6.07, 6.45) is 1.46. The van der Waals surface area contributed by atoms with Gasteiger partial charge in [0.25, 0.3) is 0 Å². The molecule has 5 aliphatic rings. The molecule has 0 unspecified atom stereocenters. The Labute approximate surface area is 280 Å². The molecule has 0 saturated carbocycles. The van der Waals surface area contributed by atoms with Gasteiger partial charge in [0.2, 0.25) is 0 Å². The van der Waals surface area contributed by atoms with E-state index < -0.39 is 41.1 Å². The van der Waals surface area contributed by atoms with Crippen LogP contribution in [0.25, 0.3) is 32.9 Å². The number of alkyl halides is 1. The summed E-state index contributed by atoms with van der Waals surface area (Å²) in [5.41, 5.74) is -1.36. The Morgan fingerprint density at radius 2 is 2.02 bits per heavy atom. The highest BCUT2D eigenvalue weighted by Gasteiger charge is 2.49. The number of hydrogen-bond acceptors (Lipinski definition) is 10. The van der Waals surface area contributed by atoms with E-state index >= 15 is 8.78 Å². The van der Waals surface area contributed by atoms with E-state index in [1.165, 1.54) is 30.5 Å². The molecule has 3 N–H and O–H groups in total. The number of phenolic OH excluding ortho intramolecular Hbond substituents is 1. The van der Waals surface area contributed by atoms with Crippen LogP contribution in [0.15, 0.2) is 30.5 Å². The minimum absolute atomic E-state index is 0.0220. The van der Waals surface area contributed by atoms with Crippen LogP contribution in [-0.4, -0.2) is 98.9 Å². The average Bonchev–Trinajstić information content (AvgIpc) is 3.57. The van der Waals surface area contributed by atoms with Crippen molar-refractivity contribution in [1.29, 1.82) is 0 Å². The lowest BCUT2D eigenvalue weighted by atomic mass is 9.89. The van der Waals surface area contributed by atoms with E-state index in [1.807, 2.05) is 0 Å². The lowest BCUT2D eigenvalue weighted by Crippen LogP contribution is -2.61. The number of nitrogens with one attached hydrogen (secondary N) is 1. The number of anilines is 1. The molecular weight excluding hydrogens is 641 g/mol. The van der Waals surface area contributed by atoms with Gasteiger partial charge >= 0.3 is 12.1 Å². The zero-order valence-electron chi connectivity index (χ0n) is 27.0. The quantitative estimate of drug-likeness (QED) is 0.278. The summed E-state index contributed by atoms with van der Waals surface area (Å²) in [5, 5.41) is 25.6. The summed E-state index contributed by atoms with van der Waals surface area (Å²) in [7, 11) is 0. The fourth-order valence-corrected chi connectivity index (χ4v) is 8.43. The first kappa shape index (κ1) is 31.8. The molecule has 5 aliphatic heterocycles. The average molecular weight is 679 g/mol. The zero-order valence-corrected chi connectivity index (χ0v) is 27.0. The monoisotopic (exact) mass is 678 g/mol. The smallest absolute Gasteiger partial charge is 0.407 e. The predicted molar refractivity (Wildman–Crippen MR) is 174 cm³/mol. The first-order valence-corrected chi connectivity index (χ1v) is 16.7. The number of aromatic hydroxyl groups is 1. The number of nitrogens with zero attached hydrogens (tertiary/aromatic N) is 5. The molecule has 14 heteroatoms. The lowest BCUT2D eigenvalue weighted by Gasteiger charge is -2.43. The van der Waals surface area contributed by atoms with Crippen LogP contribution in [-0.2, 0) is 11.2 Å². The Morgan fingerprint density at radius 1 is 1.16 bits per heavy atom. The van der Waals surface area contributed by atoms with Crippen molar-refractivity contribution < 1.29 is 37.7 Å². The number of rotatable bonds is 3. The van der Waals surface area contributed by atoms with Gasteiger partial charge in [-0.3, -0.25) is 9.88 Å². The van der Waals surface area contributed by atoms with Crippen LogP contribution in [0.3, 0.4) is 0 Å². The number of carbonyl (C=O) groups is 1. The Bertz CT molecular complexity index is 1980. The number of benzene rings is 2. The van der Waals surface area contributed by atoms with Gasteiger partial charge in [0.05, 0.1) is 29.2 Å². The van der Waals surface area contributed by atoms with Crippen LogP contribution in [0.4, 0.5) is 23.8 Å². The number of aromatic nitrogens is 3. The molecule has 2 aromatic heterocycles. The number of amides is 1. The predicted octanol–water partition coefficient (Wildman–Crippen LogP) is 4.79. The van der Waals surface area contributed by atoms with Gasteiger partial charge in [-0.1, -0.05) is 6.07 Å². The molecule has 7 heterocycles. The second-order valence-corrected chi connectivity index (χ2v) is 14.2. The Hall–Kier alpha value is -4.43. The lowest BCUT2D eigenvalue weighted by molar-refractivity contribution is 0.0913. The highest BCUT2D eigenvalue weighted by Crippen LogP contribution is 2.42. The number of aliphatic hydroxyl groups is 1. The standard InChI is InChI=1S/C35H37F3N6O5/c1-34-13-22(46)16-43(17-34)31-25-14-39-29(28(38)30(25)40-32(41-31)49-18-35-7-3-8-44(35)15-20(36)12-35)24-11-21(45)10-19-5-6-26(37)23(27(19)24)4-2-9-48-33(47)42-34/h5-6,10-11,14,20,22,45-46H,2-4,7-9,12-13,15-18H2,1H3,(H,42,47)/t20-,22+,34+,35+/m1/s1. The first-order chi connectivity index (χ1) is 23.5. The number of phenols is 1. The molecule has 4 atom stereocenters. The fourth-order valence-electron chi connectivity index (χ4n) is 8.43. The Kier molecular flexibility index (Phi) is 7.70. The summed E-state index contributed by atoms with van der Waals surface area (Å²) >= 11 is 0. The van der Waals surface area contributed by atoms with Crippen molar-refractivity contribution in [2.24, 2.45) is 0 Å². The number of alkyl carbamates (subject to hydrolysis) is 1. The van der Waals surface area contributed by atoms with Crippen LogP contribution in [0, 0.1) is 11.6 Å². The minimum atomic E-state index is -0.974. The van der Waals surface area contributed by atoms with E-state index in [-0.39, 0.29) is 90.9 Å². The van der Waals surface area contributed by atoms with E-state index in [2.05, 4.69) is 20.2 Å². The van der Waals surface area contributed by atoms with Crippen molar-refractivity contribution >= 4 is 33.6 Å². The van der Waals surface area contributed by atoms with Gasteiger partial charge in [-0.2, -0.15) is 9.97 Å². The van der Waals surface area contributed by atoms with Gasteiger partial charge in [0.15, 0.2) is 5.82 Å². The maximum atomic E-state index is 17.0. The summed E-state index contributed by atoms with van der Waals surface area (Å²) in [5.74, 6) is -1.30. The largest absolute Gasteiger partial charge is 0.508 e. The summed E-state index contributed by atoms with van der Waals surface area (Å²) in [4.78, 5) is 30.5. The van der Waals surface area contributed by atoms with Crippen molar-refractivity contribution in [2.75, 3.05) is 44.3 Å². The van der Waals surface area contributed by atoms with Crippen molar-refractivity contribution in [2.45, 2.75) is 68.8 Å². The van der Waals surface area contributed by atoms with Gasteiger partial charge in [0.1, 0.15) is 41.4 Å². The normalized spacial score (nSPS) is 27.4. The molecule has 0 radical (unpaired) electrons. The number of fused-ring (bicyclic) bond motifs is 7. The van der Waals surface area contributed by atoms with Gasteiger partial charge in [-0.05, 0) is 80.1 Å². The third-order valence-corrected chi connectivity index (χ3v) is 10.4. The van der Waals surface area contributed by atoms with E-state index in [0.29, 0.717) is 23.7 Å². The van der Waals surface area contributed by atoms with E-state index in [1.54, 1.807) is 11.8 Å². The fraction of sp³-hybridized carbons (Fsp3) is 0.486. The topological polar surface area (TPSA) is 133 Å². The van der Waals surface area contributed by atoms with Gasteiger partial charge in [-0.15, -0.1) is 0 Å². The molecule has 4 aromatic rings. The van der Waals surface area contributed by atoms with Crippen LogP contribution in [0.5, 0.6) is 11.8 Å². The second-order valence-electron chi connectivity index (χ2n) is 14.2. The number of aliphatic hydroxyl groups excluding tert-OH is 1. The van der Waals surface area contributed by atoms with E-state index in [9.17, 15) is 19.4 Å². The number of hydrogen-bond donors (Lipinski definition) is 3. The molecule has 11 nitrogen and oxygen atoms in total. The number of aryl methyl sites for hydroxylation is 1. The molecular formula is C35H37F3N6O5. The number of carbonyl (C=O) groups excluding carboxylic acids is 1. The Morgan fingerprint density at radius 3 is 2.88 bits per heavy atom. The van der Waals surface area contributed by atoms with Crippen LogP contribution >= 0.6 is 0 Å². The summed E-state index contributed by atoms with van der Waals surface area (Å²) in [6.45, 7) is 3.24. The number of piperidine rings is 1. The van der Waals surface area contributed by atoms with E-state index in [4.69, 9.17) is 14.5 Å². The number of ether oxygens (including phenoxy) is 2. The first-order valence-electron chi connectivity index (χ1n) is 16.7. The SMILES string of the molecule is C[C@]12C[C@H](O)CN(C1)c1nc(OC[C@@]34CCCN3C[C@H](F)C4)nc3c(F)c(ncc13)-c1cc(O)cc3ccc(F)c(c13)CCCOC(=O)N2. The third-order valence-electron chi connectivity index (χ3n) is 10.4. The highest BCUT2D eigenvalue weighted by molar-refractivity contribution is 6.01. The molecule has 1 amide bonds. The molecule has 3 saturated heterocycles. The molecule has 3 fully saturated rings. The maximum Gasteiger partial charge on any atom is 0.407 e. The third kappa shape index (κ3) is 5.64. The minimum Gasteiger partial charge on any atom is -0.508 e. The van der Waals surface area contributed by atoms with E-state index in [0.717, 1.165) is 19.4 Å². The van der Waals surface area contributed by atoms with Crippen molar-refractivity contribution in [3.05, 3.63) is 47.7 Å². The summed E-state index contributed by atoms with van der Waals surface area (Å²) < 4.78 is 58.7. The molecule has 9 rings (SSSR count). The van der Waals surface area contributed by atoms with Crippen LogP contribution in [0.1, 0.15) is 44.6 Å². The van der Waals surface area contributed by atoms with Gasteiger partial charge in [0, 0.05) is 37.8 Å². The van der Waals surface area contributed by atoms with Gasteiger partial charge < -0.3 is 29.9 Å². The van der Waals surface area contributed by atoms with Gasteiger partial charge in [-0.25, -0.2) is 18.0 Å². The molecule has 0 spiro atoms. The van der Waals surface area contributed by atoms with Crippen LogP contribution < -0.4 is 15.0 Å². The van der Waals surface area contributed by atoms with Crippen LogP contribution in [0.2, 0.25) is 0 Å². The molecule has 6 bridgehead atoms. The Balaban J connectivity index is 1.32. The second kappa shape index (κ2) is 11.9. The highest BCUT2D eigenvalue weighted by atomic mass is 19.1. The van der Waals surface area contributed by atoms with Crippen molar-refractivity contribution in [3.63, 3.8) is 0 Å². The molecule has 0 aliphatic carbocycles. The molecule has 49 heavy (non-hydrogen) atoms. The zero-order chi connectivity index (χ0) is 34.1. The number of pyridine rings is 1.